The van der Waals surface area contributed by atoms with Crippen LogP contribution >= 0.6 is 12.4 Å². The van der Waals surface area contributed by atoms with E-state index in [1.54, 1.807) is 23.4 Å². The molecule has 3 rings (SSSR count). The molecule has 1 aliphatic carbocycles. The highest BCUT2D eigenvalue weighted by Crippen LogP contribution is 2.39. The summed E-state index contributed by atoms with van der Waals surface area (Å²) in [5.74, 6) is 0.688. The minimum absolute atomic E-state index is 0. The minimum Gasteiger partial charge on any atom is -0.327 e. The van der Waals surface area contributed by atoms with Crippen LogP contribution in [0.4, 0.5) is 0 Å². The molecule has 0 spiro atoms. The summed E-state index contributed by atoms with van der Waals surface area (Å²) in [4.78, 5) is 0.271. The third kappa shape index (κ3) is 2.74. The fourth-order valence-corrected chi connectivity index (χ4v) is 5.15. The van der Waals surface area contributed by atoms with Crippen LogP contribution in [0.3, 0.4) is 0 Å². The second kappa shape index (κ2) is 6.17. The number of nitriles is 1. The highest BCUT2D eigenvalue weighted by Gasteiger charge is 2.45. The summed E-state index contributed by atoms with van der Waals surface area (Å²) >= 11 is 0. The van der Waals surface area contributed by atoms with Gasteiger partial charge < -0.3 is 5.73 Å². The van der Waals surface area contributed by atoms with Crippen LogP contribution in [-0.4, -0.2) is 31.9 Å². The van der Waals surface area contributed by atoms with E-state index in [4.69, 9.17) is 11.0 Å². The van der Waals surface area contributed by atoms with Crippen LogP contribution in [0.5, 0.6) is 0 Å². The van der Waals surface area contributed by atoms with Gasteiger partial charge in [0.05, 0.1) is 16.5 Å². The number of nitrogens with two attached hydrogens (primary N) is 1. The first-order chi connectivity index (χ1) is 9.93. The quantitative estimate of drug-likeness (QED) is 0.886. The van der Waals surface area contributed by atoms with E-state index in [2.05, 4.69) is 6.07 Å². The van der Waals surface area contributed by atoms with E-state index in [1.165, 1.54) is 6.07 Å². The smallest absolute Gasteiger partial charge is 0.243 e. The predicted octanol–water partition coefficient (Wildman–Crippen LogP) is 1.65. The molecule has 1 aromatic carbocycles. The van der Waals surface area contributed by atoms with Crippen molar-refractivity contribution in [2.45, 2.75) is 30.7 Å². The normalized spacial score (nSPS) is 28.0. The molecule has 2 aliphatic rings. The molecule has 3 unspecified atom stereocenters. The van der Waals surface area contributed by atoms with Gasteiger partial charge in [0.25, 0.3) is 0 Å². The van der Waals surface area contributed by atoms with E-state index in [0.717, 1.165) is 12.8 Å². The van der Waals surface area contributed by atoms with Crippen LogP contribution < -0.4 is 5.73 Å². The number of aryl methyl sites for hydroxylation is 1. The lowest BCUT2D eigenvalue weighted by atomic mass is 9.98. The summed E-state index contributed by atoms with van der Waals surface area (Å²) in [6.45, 7) is 2.85. The van der Waals surface area contributed by atoms with Crippen molar-refractivity contribution < 1.29 is 8.42 Å². The first-order valence-electron chi connectivity index (χ1n) is 7.20. The first kappa shape index (κ1) is 17.2. The second-order valence-electron chi connectivity index (χ2n) is 6.08. The molecule has 0 bridgehead atoms. The van der Waals surface area contributed by atoms with Gasteiger partial charge in [-0.25, -0.2) is 8.42 Å². The van der Waals surface area contributed by atoms with Crippen molar-refractivity contribution in [1.82, 2.24) is 4.31 Å². The maximum Gasteiger partial charge on any atom is 0.243 e. The van der Waals surface area contributed by atoms with Gasteiger partial charge in [-0.15, -0.1) is 12.4 Å². The molecule has 120 valence electrons. The molecule has 5 nitrogen and oxygen atoms in total. The summed E-state index contributed by atoms with van der Waals surface area (Å²) < 4.78 is 27.0. The number of nitrogens with zero attached hydrogens (tertiary/aromatic N) is 2. The van der Waals surface area contributed by atoms with Crippen LogP contribution in [0.15, 0.2) is 23.1 Å². The molecular formula is C15H20ClN3O2S. The number of halogens is 1. The number of rotatable bonds is 2. The molecule has 0 amide bonds. The van der Waals surface area contributed by atoms with Crippen LogP contribution in [-0.2, 0) is 10.0 Å². The summed E-state index contributed by atoms with van der Waals surface area (Å²) in [6.07, 6.45) is 2.02. The summed E-state index contributed by atoms with van der Waals surface area (Å²) in [5.41, 5.74) is 7.27. The number of hydrogen-bond donors (Lipinski definition) is 1. The zero-order valence-corrected chi connectivity index (χ0v) is 14.0. The van der Waals surface area contributed by atoms with Crippen LogP contribution in [0.2, 0.25) is 0 Å². The van der Waals surface area contributed by atoms with Crippen LogP contribution in [0.1, 0.15) is 24.0 Å². The van der Waals surface area contributed by atoms with Gasteiger partial charge in [-0.05, 0) is 55.4 Å². The number of sulfonamides is 1. The largest absolute Gasteiger partial charge is 0.327 e. The van der Waals surface area contributed by atoms with E-state index < -0.39 is 10.0 Å². The SMILES string of the molecule is Cc1cc(S(=O)(=O)N2CC3CCC(N)C3C2)ccc1C#N.Cl. The Kier molecular flexibility index (Phi) is 4.83. The molecule has 2 N–H and O–H groups in total. The molecular weight excluding hydrogens is 322 g/mol. The molecule has 3 atom stereocenters. The Morgan fingerprint density at radius 1 is 1.32 bits per heavy atom. The van der Waals surface area contributed by atoms with Crippen molar-refractivity contribution in [2.75, 3.05) is 13.1 Å². The molecule has 0 radical (unpaired) electrons. The Balaban J connectivity index is 0.00000176. The Hall–Kier alpha value is -1.13. The van der Waals surface area contributed by atoms with Gasteiger partial charge in [-0.1, -0.05) is 0 Å². The molecule has 1 heterocycles. The zero-order chi connectivity index (χ0) is 15.2. The third-order valence-corrected chi connectivity index (χ3v) is 6.66. The molecule has 2 fully saturated rings. The van der Waals surface area contributed by atoms with E-state index in [-0.39, 0.29) is 23.3 Å². The lowest BCUT2D eigenvalue weighted by Crippen LogP contribution is -2.33. The maximum atomic E-state index is 12.7. The lowest BCUT2D eigenvalue weighted by Gasteiger charge is -2.19. The van der Waals surface area contributed by atoms with E-state index in [9.17, 15) is 8.42 Å². The average Bonchev–Trinajstić information content (AvgIpc) is 3.02. The lowest BCUT2D eigenvalue weighted by molar-refractivity contribution is 0.427. The Morgan fingerprint density at radius 2 is 2.05 bits per heavy atom. The average molecular weight is 342 g/mol. The van der Waals surface area contributed by atoms with E-state index >= 15 is 0 Å². The number of hydrogen-bond acceptors (Lipinski definition) is 4. The Bertz CT molecular complexity index is 714. The van der Waals surface area contributed by atoms with Gasteiger partial charge in [0.15, 0.2) is 0 Å². The predicted molar refractivity (Wildman–Crippen MR) is 86.1 cm³/mol. The molecule has 22 heavy (non-hydrogen) atoms. The van der Waals surface area contributed by atoms with E-state index in [1.807, 2.05) is 0 Å². The van der Waals surface area contributed by atoms with Crippen molar-refractivity contribution in [1.29, 1.82) is 5.26 Å². The number of fused-ring (bicyclic) bond motifs is 1. The van der Waals surface area contributed by atoms with Gasteiger partial charge in [0, 0.05) is 19.1 Å². The van der Waals surface area contributed by atoms with Crippen molar-refractivity contribution in [3.8, 4) is 6.07 Å². The van der Waals surface area contributed by atoms with Crippen LogP contribution in [0.25, 0.3) is 0 Å². The van der Waals surface area contributed by atoms with Gasteiger partial charge in [-0.3, -0.25) is 0 Å². The maximum absolute atomic E-state index is 12.7. The van der Waals surface area contributed by atoms with Crippen molar-refractivity contribution in [2.24, 2.45) is 17.6 Å². The minimum atomic E-state index is -3.48. The van der Waals surface area contributed by atoms with Crippen molar-refractivity contribution in [3.63, 3.8) is 0 Å². The van der Waals surface area contributed by atoms with Gasteiger partial charge >= 0.3 is 0 Å². The molecule has 1 aromatic rings. The van der Waals surface area contributed by atoms with Crippen molar-refractivity contribution >= 4 is 22.4 Å². The summed E-state index contributed by atoms with van der Waals surface area (Å²) in [6, 6.07) is 6.86. The zero-order valence-electron chi connectivity index (χ0n) is 12.4. The fraction of sp³-hybridized carbons (Fsp3) is 0.533. The molecule has 1 aliphatic heterocycles. The fourth-order valence-electron chi connectivity index (χ4n) is 3.53. The Labute approximate surface area is 137 Å². The second-order valence-corrected chi connectivity index (χ2v) is 8.01. The third-order valence-electron chi connectivity index (χ3n) is 4.83. The topological polar surface area (TPSA) is 87.2 Å². The first-order valence-corrected chi connectivity index (χ1v) is 8.64. The highest BCUT2D eigenvalue weighted by atomic mass is 35.5. The van der Waals surface area contributed by atoms with Crippen molar-refractivity contribution in [3.05, 3.63) is 29.3 Å². The van der Waals surface area contributed by atoms with Gasteiger partial charge in [0.2, 0.25) is 10.0 Å². The monoisotopic (exact) mass is 341 g/mol. The number of benzene rings is 1. The summed E-state index contributed by atoms with van der Waals surface area (Å²) in [7, 11) is -3.48. The standard InChI is InChI=1S/C15H19N3O2S.ClH/c1-10-6-13(4-2-11(10)7-16)21(19,20)18-8-12-3-5-15(17)14(12)9-18;/h2,4,6,12,14-15H,3,5,8-9,17H2,1H3;1H. The Morgan fingerprint density at radius 3 is 2.64 bits per heavy atom. The molecule has 0 aromatic heterocycles. The van der Waals surface area contributed by atoms with Crippen LogP contribution in [0, 0.1) is 30.1 Å². The summed E-state index contributed by atoms with van der Waals surface area (Å²) in [5, 5.41) is 8.94. The molecule has 1 saturated carbocycles. The van der Waals surface area contributed by atoms with Gasteiger partial charge in [0.1, 0.15) is 0 Å². The molecule has 1 saturated heterocycles. The highest BCUT2D eigenvalue weighted by molar-refractivity contribution is 7.89. The van der Waals surface area contributed by atoms with Gasteiger partial charge in [-0.2, -0.15) is 9.57 Å². The van der Waals surface area contributed by atoms with E-state index in [0.29, 0.717) is 36.1 Å². The molecule has 7 heteroatoms.